The minimum absolute atomic E-state index is 0.0583. The Morgan fingerprint density at radius 1 is 1.10 bits per heavy atom. The number of carboxylic acid groups (broad SMARTS) is 1. The van der Waals surface area contributed by atoms with Gasteiger partial charge in [-0.15, -0.1) is 0 Å². The number of carbonyl (C=O) groups is 1. The number of halogens is 2. The number of benzene rings is 2. The Bertz CT molecular complexity index is 631. The molecular weight excluding hydrogens is 398 g/mol. The highest BCUT2D eigenvalue weighted by Gasteiger charge is 2.06. The molecule has 0 aliphatic carbocycles. The van der Waals surface area contributed by atoms with E-state index in [-0.39, 0.29) is 6.42 Å². The third kappa shape index (κ3) is 4.58. The van der Waals surface area contributed by atoms with E-state index < -0.39 is 5.97 Å². The van der Waals surface area contributed by atoms with E-state index in [1.807, 2.05) is 31.2 Å². The number of hydrogen-bond donors (Lipinski definition) is 2. The van der Waals surface area contributed by atoms with Gasteiger partial charge in [0.05, 0.1) is 12.1 Å². The fourth-order valence-corrected chi connectivity index (χ4v) is 3.70. The van der Waals surface area contributed by atoms with Crippen LogP contribution < -0.4 is 5.32 Å². The number of aliphatic carboxylic acids is 1. The average Bonchev–Trinajstić information content (AvgIpc) is 2.38. The van der Waals surface area contributed by atoms with E-state index in [0.29, 0.717) is 6.54 Å². The van der Waals surface area contributed by atoms with Crippen molar-refractivity contribution in [3.05, 3.63) is 62.0 Å². The molecule has 0 saturated carbocycles. The van der Waals surface area contributed by atoms with Crippen LogP contribution in [0.25, 0.3) is 0 Å². The minimum Gasteiger partial charge on any atom is -0.481 e. The molecule has 0 saturated heterocycles. The Morgan fingerprint density at radius 3 is 2.14 bits per heavy atom. The van der Waals surface area contributed by atoms with Crippen molar-refractivity contribution >= 4 is 43.5 Å². The molecule has 2 aromatic carbocycles. The van der Waals surface area contributed by atoms with E-state index in [1.54, 1.807) is 0 Å². The number of rotatable bonds is 5. The summed E-state index contributed by atoms with van der Waals surface area (Å²) in [6.07, 6.45) is 0.0583. The fourth-order valence-electron chi connectivity index (χ4n) is 2.01. The summed E-state index contributed by atoms with van der Waals surface area (Å²) in [5, 5.41) is 12.1. The minimum atomic E-state index is -0.812. The van der Waals surface area contributed by atoms with Gasteiger partial charge >= 0.3 is 5.97 Å². The first-order valence-electron chi connectivity index (χ1n) is 6.45. The van der Waals surface area contributed by atoms with Gasteiger partial charge < -0.3 is 10.4 Å². The monoisotopic (exact) mass is 411 g/mol. The van der Waals surface area contributed by atoms with Crippen LogP contribution in [-0.2, 0) is 17.8 Å². The Balaban J connectivity index is 2.05. The molecule has 5 heteroatoms. The van der Waals surface area contributed by atoms with Crippen LogP contribution in [0.3, 0.4) is 0 Å². The van der Waals surface area contributed by atoms with Crippen LogP contribution >= 0.6 is 31.9 Å². The Hall–Kier alpha value is -1.33. The number of hydrogen-bond acceptors (Lipinski definition) is 2. The molecule has 0 aliphatic rings. The summed E-state index contributed by atoms with van der Waals surface area (Å²) in [6.45, 7) is 2.72. The lowest BCUT2D eigenvalue weighted by Crippen LogP contribution is -2.03. The lowest BCUT2D eigenvalue weighted by Gasteiger charge is -2.12. The van der Waals surface area contributed by atoms with Crippen LogP contribution in [0, 0.1) is 6.92 Å². The third-order valence-corrected chi connectivity index (χ3v) is 4.28. The van der Waals surface area contributed by atoms with Gasteiger partial charge in [0.25, 0.3) is 0 Å². The van der Waals surface area contributed by atoms with Crippen LogP contribution in [0.1, 0.15) is 16.7 Å². The molecule has 110 valence electrons. The van der Waals surface area contributed by atoms with Crippen LogP contribution in [0.15, 0.2) is 45.3 Å². The first-order chi connectivity index (χ1) is 9.95. The summed E-state index contributed by atoms with van der Waals surface area (Å²) in [5.41, 5.74) is 4.10. The maximum atomic E-state index is 10.6. The second-order valence-corrected chi connectivity index (χ2v) is 6.55. The van der Waals surface area contributed by atoms with Gasteiger partial charge in [-0.2, -0.15) is 0 Å². The van der Waals surface area contributed by atoms with Crippen molar-refractivity contribution in [3.63, 3.8) is 0 Å². The van der Waals surface area contributed by atoms with Crippen molar-refractivity contribution < 1.29 is 9.90 Å². The Kier molecular flexibility index (Phi) is 5.42. The molecule has 0 atom stereocenters. The van der Waals surface area contributed by atoms with Gasteiger partial charge in [-0.05, 0) is 67.6 Å². The molecule has 2 rings (SSSR count). The van der Waals surface area contributed by atoms with Crippen LogP contribution in [-0.4, -0.2) is 11.1 Å². The fraction of sp³-hybridized carbons (Fsp3) is 0.188. The van der Waals surface area contributed by atoms with Gasteiger partial charge in [0, 0.05) is 15.5 Å². The van der Waals surface area contributed by atoms with Crippen molar-refractivity contribution in [3.8, 4) is 0 Å². The summed E-state index contributed by atoms with van der Waals surface area (Å²) in [6, 6.07) is 11.7. The van der Waals surface area contributed by atoms with Gasteiger partial charge in [0.15, 0.2) is 0 Å². The Morgan fingerprint density at radius 2 is 1.62 bits per heavy atom. The predicted octanol–water partition coefficient (Wildman–Crippen LogP) is 4.76. The van der Waals surface area contributed by atoms with E-state index >= 15 is 0 Å². The zero-order chi connectivity index (χ0) is 15.4. The second-order valence-electron chi connectivity index (χ2n) is 4.84. The van der Waals surface area contributed by atoms with Crippen molar-refractivity contribution in [1.29, 1.82) is 0 Å². The molecule has 3 nitrogen and oxygen atoms in total. The molecule has 0 spiro atoms. The predicted molar refractivity (Wildman–Crippen MR) is 91.7 cm³/mol. The SMILES string of the molecule is Cc1cc(Br)c(NCc2ccc(CC(=O)O)cc2)c(Br)c1. The maximum Gasteiger partial charge on any atom is 0.307 e. The second kappa shape index (κ2) is 7.09. The van der Waals surface area contributed by atoms with Crippen molar-refractivity contribution in [2.75, 3.05) is 5.32 Å². The number of anilines is 1. The number of nitrogens with one attached hydrogen (secondary N) is 1. The molecule has 2 N–H and O–H groups in total. The maximum absolute atomic E-state index is 10.6. The molecule has 0 bridgehead atoms. The van der Waals surface area contributed by atoms with E-state index in [9.17, 15) is 4.79 Å². The lowest BCUT2D eigenvalue weighted by molar-refractivity contribution is -0.136. The van der Waals surface area contributed by atoms with Gasteiger partial charge in [-0.25, -0.2) is 0 Å². The average molecular weight is 413 g/mol. The summed E-state index contributed by atoms with van der Waals surface area (Å²) in [4.78, 5) is 10.6. The summed E-state index contributed by atoms with van der Waals surface area (Å²) in [5.74, 6) is -0.812. The molecule has 0 aliphatic heterocycles. The standard InChI is InChI=1S/C16H15Br2NO2/c1-10-6-13(17)16(14(18)7-10)19-9-12-4-2-11(3-5-12)8-15(20)21/h2-7,19H,8-9H2,1H3,(H,20,21). The smallest absolute Gasteiger partial charge is 0.307 e. The van der Waals surface area contributed by atoms with Gasteiger partial charge in [-0.1, -0.05) is 24.3 Å². The summed E-state index contributed by atoms with van der Waals surface area (Å²) >= 11 is 7.10. The van der Waals surface area contributed by atoms with Crippen LogP contribution in [0.4, 0.5) is 5.69 Å². The molecule has 0 amide bonds. The zero-order valence-corrected chi connectivity index (χ0v) is 14.7. The van der Waals surface area contributed by atoms with Crippen LogP contribution in [0.2, 0.25) is 0 Å². The summed E-state index contributed by atoms with van der Waals surface area (Å²) < 4.78 is 2.02. The molecule has 0 aromatic heterocycles. The van der Waals surface area contributed by atoms with E-state index in [2.05, 4.69) is 49.3 Å². The van der Waals surface area contributed by atoms with E-state index in [4.69, 9.17) is 5.11 Å². The number of carboxylic acids is 1. The van der Waals surface area contributed by atoms with E-state index in [1.165, 1.54) is 5.56 Å². The molecule has 0 unspecified atom stereocenters. The third-order valence-electron chi connectivity index (χ3n) is 3.03. The highest BCUT2D eigenvalue weighted by Crippen LogP contribution is 2.32. The largest absolute Gasteiger partial charge is 0.481 e. The van der Waals surface area contributed by atoms with E-state index in [0.717, 1.165) is 25.8 Å². The summed E-state index contributed by atoms with van der Waals surface area (Å²) in [7, 11) is 0. The highest BCUT2D eigenvalue weighted by molar-refractivity contribution is 9.11. The highest BCUT2D eigenvalue weighted by atomic mass is 79.9. The molecule has 21 heavy (non-hydrogen) atoms. The first-order valence-corrected chi connectivity index (χ1v) is 8.03. The Labute approximate surface area is 140 Å². The molecule has 2 aromatic rings. The van der Waals surface area contributed by atoms with Crippen molar-refractivity contribution in [2.24, 2.45) is 0 Å². The van der Waals surface area contributed by atoms with Gasteiger partial charge in [-0.3, -0.25) is 4.79 Å². The quantitative estimate of drug-likeness (QED) is 0.744. The zero-order valence-electron chi connectivity index (χ0n) is 11.5. The normalized spacial score (nSPS) is 10.4. The first kappa shape index (κ1) is 16.0. The molecular formula is C16H15Br2NO2. The number of aryl methyl sites for hydroxylation is 1. The van der Waals surface area contributed by atoms with Crippen molar-refractivity contribution in [1.82, 2.24) is 0 Å². The van der Waals surface area contributed by atoms with Crippen molar-refractivity contribution in [2.45, 2.75) is 19.9 Å². The molecule has 0 radical (unpaired) electrons. The lowest BCUT2D eigenvalue weighted by atomic mass is 10.1. The van der Waals surface area contributed by atoms with Gasteiger partial charge in [0.2, 0.25) is 0 Å². The van der Waals surface area contributed by atoms with Crippen LogP contribution in [0.5, 0.6) is 0 Å². The molecule has 0 fully saturated rings. The topological polar surface area (TPSA) is 49.3 Å². The molecule has 0 heterocycles. The van der Waals surface area contributed by atoms with Gasteiger partial charge in [0.1, 0.15) is 0 Å².